The number of rotatable bonds is 6. The van der Waals surface area contributed by atoms with Crippen molar-refractivity contribution in [1.29, 1.82) is 0 Å². The average Bonchev–Trinajstić information content (AvgIpc) is 3.29. The zero-order valence-corrected chi connectivity index (χ0v) is 11.0. The Morgan fingerprint density at radius 1 is 1.47 bits per heavy atom. The van der Waals surface area contributed by atoms with Crippen LogP contribution in [-0.4, -0.2) is 27.7 Å². The van der Waals surface area contributed by atoms with Gasteiger partial charge in [-0.05, 0) is 38.5 Å². The molecular weight excluding hydrogens is 244 g/mol. The van der Waals surface area contributed by atoms with Crippen LogP contribution in [0.5, 0.6) is 0 Å². The number of nitrogens with zero attached hydrogens (tertiary/aromatic N) is 2. The van der Waals surface area contributed by atoms with E-state index < -0.39 is 5.97 Å². The van der Waals surface area contributed by atoms with Crippen LogP contribution in [0.4, 0.5) is 0 Å². The van der Waals surface area contributed by atoms with Crippen LogP contribution in [0, 0.1) is 5.92 Å². The van der Waals surface area contributed by atoms with Crippen molar-refractivity contribution in [3.05, 3.63) is 23.3 Å². The Hall–Kier alpha value is -1.49. The predicted molar refractivity (Wildman–Crippen MR) is 68.1 cm³/mol. The van der Waals surface area contributed by atoms with Crippen LogP contribution in [0.3, 0.4) is 0 Å². The molecule has 5 heteroatoms. The predicted octanol–water partition coefficient (Wildman–Crippen LogP) is 2.54. The molecule has 5 nitrogen and oxygen atoms in total. The highest BCUT2D eigenvalue weighted by molar-refractivity contribution is 5.88. The molecule has 102 valence electrons. The fourth-order valence-electron chi connectivity index (χ4n) is 2.38. The summed E-state index contributed by atoms with van der Waals surface area (Å²) >= 11 is 0. The Morgan fingerprint density at radius 2 is 2.21 bits per heavy atom. The highest BCUT2D eigenvalue weighted by atomic mass is 16.5. The number of carboxylic acids is 1. The standard InChI is InChI=1S/C14H18N2O3/c1-2-19-12(9-5-6-9)13-15-7-10(14(17)18)11(16-13)8-3-4-8/h7-9,12H,2-6H2,1H3,(H,17,18). The fourth-order valence-corrected chi connectivity index (χ4v) is 2.38. The fraction of sp³-hybridized carbons (Fsp3) is 0.643. The lowest BCUT2D eigenvalue weighted by molar-refractivity contribution is 0.0397. The van der Waals surface area contributed by atoms with Crippen LogP contribution < -0.4 is 0 Å². The molecule has 1 N–H and O–H groups in total. The molecule has 3 rings (SSSR count). The molecule has 2 aliphatic rings. The number of hydrogen-bond acceptors (Lipinski definition) is 4. The molecule has 1 atom stereocenters. The summed E-state index contributed by atoms with van der Waals surface area (Å²) in [5, 5.41) is 9.19. The SMILES string of the molecule is CCOC(c1ncc(C(=O)O)c(C2CC2)n1)C1CC1. The first-order chi connectivity index (χ1) is 9.20. The average molecular weight is 262 g/mol. The summed E-state index contributed by atoms with van der Waals surface area (Å²) in [5.41, 5.74) is 0.945. The Bertz CT molecular complexity index is 495. The minimum Gasteiger partial charge on any atom is -0.478 e. The largest absolute Gasteiger partial charge is 0.478 e. The van der Waals surface area contributed by atoms with Gasteiger partial charge in [0.2, 0.25) is 0 Å². The molecular formula is C14H18N2O3. The third-order valence-corrected chi connectivity index (χ3v) is 3.68. The van der Waals surface area contributed by atoms with Gasteiger partial charge in [-0.25, -0.2) is 14.8 Å². The van der Waals surface area contributed by atoms with Crippen LogP contribution in [0.1, 0.15) is 66.5 Å². The van der Waals surface area contributed by atoms with E-state index in [4.69, 9.17) is 4.74 Å². The lowest BCUT2D eigenvalue weighted by Crippen LogP contribution is -2.14. The van der Waals surface area contributed by atoms with Crippen LogP contribution >= 0.6 is 0 Å². The maximum absolute atomic E-state index is 11.2. The zero-order valence-electron chi connectivity index (χ0n) is 11.0. The summed E-state index contributed by atoms with van der Waals surface area (Å²) in [4.78, 5) is 19.9. The van der Waals surface area contributed by atoms with E-state index >= 15 is 0 Å². The molecule has 0 amide bonds. The highest BCUT2D eigenvalue weighted by Gasteiger charge is 2.37. The molecule has 0 aromatic carbocycles. The zero-order chi connectivity index (χ0) is 13.4. The van der Waals surface area contributed by atoms with Gasteiger partial charge in [0.25, 0.3) is 0 Å². The lowest BCUT2D eigenvalue weighted by atomic mass is 10.1. The second-order valence-corrected chi connectivity index (χ2v) is 5.32. The molecule has 1 heterocycles. The topological polar surface area (TPSA) is 72.3 Å². The molecule has 19 heavy (non-hydrogen) atoms. The number of aromatic nitrogens is 2. The van der Waals surface area contributed by atoms with Crippen LogP contribution in [0.15, 0.2) is 6.20 Å². The third kappa shape index (κ3) is 2.61. The molecule has 0 spiro atoms. The van der Waals surface area contributed by atoms with E-state index in [1.54, 1.807) is 0 Å². The summed E-state index contributed by atoms with van der Waals surface area (Å²) in [5.74, 6) is 0.529. The first-order valence-corrected chi connectivity index (χ1v) is 6.92. The van der Waals surface area contributed by atoms with Crippen molar-refractivity contribution in [2.24, 2.45) is 5.92 Å². The molecule has 1 aromatic rings. The van der Waals surface area contributed by atoms with E-state index in [1.165, 1.54) is 6.20 Å². The van der Waals surface area contributed by atoms with Crippen molar-refractivity contribution in [1.82, 2.24) is 9.97 Å². The molecule has 1 unspecified atom stereocenters. The first-order valence-electron chi connectivity index (χ1n) is 6.92. The molecule has 0 bridgehead atoms. The van der Waals surface area contributed by atoms with E-state index in [9.17, 15) is 9.90 Å². The Balaban J connectivity index is 1.93. The molecule has 1 aromatic heterocycles. The van der Waals surface area contributed by atoms with Gasteiger partial charge in [-0.2, -0.15) is 0 Å². The second-order valence-electron chi connectivity index (χ2n) is 5.32. The Kier molecular flexibility index (Phi) is 3.22. The minimum atomic E-state index is -0.937. The minimum absolute atomic E-state index is 0.0645. The normalized spacial score (nSPS) is 20.3. The van der Waals surface area contributed by atoms with Gasteiger partial charge in [0, 0.05) is 18.7 Å². The van der Waals surface area contributed by atoms with Crippen molar-refractivity contribution >= 4 is 5.97 Å². The number of carboxylic acid groups (broad SMARTS) is 1. The summed E-state index contributed by atoms with van der Waals surface area (Å²) in [7, 11) is 0. The van der Waals surface area contributed by atoms with Crippen LogP contribution in [-0.2, 0) is 4.74 Å². The second kappa shape index (κ2) is 4.89. The van der Waals surface area contributed by atoms with Gasteiger partial charge in [0.15, 0.2) is 5.82 Å². The Labute approximate surface area is 112 Å². The smallest absolute Gasteiger partial charge is 0.339 e. The molecule has 0 saturated heterocycles. The maximum Gasteiger partial charge on any atom is 0.339 e. The van der Waals surface area contributed by atoms with Gasteiger partial charge < -0.3 is 9.84 Å². The summed E-state index contributed by atoms with van der Waals surface area (Å²) in [6, 6.07) is 0. The Morgan fingerprint density at radius 3 is 2.74 bits per heavy atom. The van der Waals surface area contributed by atoms with Crippen molar-refractivity contribution < 1.29 is 14.6 Å². The monoisotopic (exact) mass is 262 g/mol. The van der Waals surface area contributed by atoms with Crippen molar-refractivity contribution in [3.8, 4) is 0 Å². The molecule has 0 aliphatic heterocycles. The molecule has 0 radical (unpaired) electrons. The van der Waals surface area contributed by atoms with Crippen molar-refractivity contribution in [3.63, 3.8) is 0 Å². The summed E-state index contributed by atoms with van der Waals surface area (Å²) in [6.07, 6.45) is 5.73. The van der Waals surface area contributed by atoms with Crippen LogP contribution in [0.25, 0.3) is 0 Å². The summed E-state index contributed by atoms with van der Waals surface area (Å²) < 4.78 is 5.74. The third-order valence-electron chi connectivity index (χ3n) is 3.68. The van der Waals surface area contributed by atoms with E-state index in [0.29, 0.717) is 30.0 Å². The molecule has 2 saturated carbocycles. The van der Waals surface area contributed by atoms with E-state index in [-0.39, 0.29) is 11.7 Å². The van der Waals surface area contributed by atoms with Gasteiger partial charge in [-0.1, -0.05) is 0 Å². The first kappa shape index (κ1) is 12.5. The number of ether oxygens (including phenoxy) is 1. The van der Waals surface area contributed by atoms with Crippen molar-refractivity contribution in [2.75, 3.05) is 6.61 Å². The number of hydrogen-bond donors (Lipinski definition) is 1. The molecule has 2 aliphatic carbocycles. The van der Waals surface area contributed by atoms with E-state index in [2.05, 4.69) is 9.97 Å². The van der Waals surface area contributed by atoms with Crippen LogP contribution in [0.2, 0.25) is 0 Å². The van der Waals surface area contributed by atoms with Gasteiger partial charge in [-0.3, -0.25) is 0 Å². The highest BCUT2D eigenvalue weighted by Crippen LogP contribution is 2.44. The van der Waals surface area contributed by atoms with E-state index in [1.807, 2.05) is 6.92 Å². The van der Waals surface area contributed by atoms with E-state index in [0.717, 1.165) is 25.7 Å². The van der Waals surface area contributed by atoms with Gasteiger partial charge in [0.1, 0.15) is 6.10 Å². The lowest BCUT2D eigenvalue weighted by Gasteiger charge is -2.16. The maximum atomic E-state index is 11.2. The number of carbonyl (C=O) groups is 1. The van der Waals surface area contributed by atoms with Crippen molar-refractivity contribution in [2.45, 2.75) is 44.6 Å². The van der Waals surface area contributed by atoms with Gasteiger partial charge in [0.05, 0.1) is 11.3 Å². The summed E-state index contributed by atoms with van der Waals surface area (Å²) in [6.45, 7) is 2.59. The van der Waals surface area contributed by atoms with Gasteiger partial charge >= 0.3 is 5.97 Å². The quantitative estimate of drug-likeness (QED) is 0.852. The number of aromatic carboxylic acids is 1. The van der Waals surface area contributed by atoms with Gasteiger partial charge in [-0.15, -0.1) is 0 Å². The molecule has 2 fully saturated rings.